The number of nitrogens with one attached hydrogen (secondary N) is 2. The van der Waals surface area contributed by atoms with Crippen molar-refractivity contribution >= 4 is 28.3 Å². The first-order valence-electron chi connectivity index (χ1n) is 7.21. The molecule has 114 valence electrons. The molecular weight excluding hydrogens is 282 g/mol. The van der Waals surface area contributed by atoms with Gasteiger partial charge in [0.15, 0.2) is 0 Å². The summed E-state index contributed by atoms with van der Waals surface area (Å²) in [7, 11) is 1.56. The Bertz CT molecular complexity index is 730. The second-order valence-corrected chi connectivity index (χ2v) is 5.22. The van der Waals surface area contributed by atoms with Crippen LogP contribution in [-0.2, 0) is 9.59 Å². The third-order valence-electron chi connectivity index (χ3n) is 3.77. The predicted molar refractivity (Wildman–Crippen MR) is 82.7 cm³/mol. The molecule has 2 amide bonds. The van der Waals surface area contributed by atoms with Gasteiger partial charge in [0.25, 0.3) is 0 Å². The van der Waals surface area contributed by atoms with Gasteiger partial charge < -0.3 is 15.4 Å². The van der Waals surface area contributed by atoms with E-state index in [0.29, 0.717) is 24.4 Å². The summed E-state index contributed by atoms with van der Waals surface area (Å²) in [5.74, 6) is 0.242. The number of hydrogen-bond acceptors (Lipinski definition) is 4. The molecule has 2 aromatic rings. The monoisotopic (exact) mass is 299 g/mol. The molecular formula is C16H17N3O3. The number of pyridine rings is 1. The van der Waals surface area contributed by atoms with E-state index in [0.717, 1.165) is 17.2 Å². The first kappa shape index (κ1) is 14.3. The summed E-state index contributed by atoms with van der Waals surface area (Å²) in [6, 6.07) is 6.90. The lowest BCUT2D eigenvalue weighted by molar-refractivity contribution is -0.128. The zero-order valence-electron chi connectivity index (χ0n) is 12.3. The number of fused-ring (bicyclic) bond motifs is 1. The maximum absolute atomic E-state index is 12.3. The number of anilines is 1. The fourth-order valence-electron chi connectivity index (χ4n) is 2.67. The van der Waals surface area contributed by atoms with Gasteiger partial charge in [-0.25, -0.2) is 4.98 Å². The molecule has 3 rings (SSSR count). The van der Waals surface area contributed by atoms with Gasteiger partial charge in [0.05, 0.1) is 7.11 Å². The van der Waals surface area contributed by atoms with Crippen LogP contribution in [0.15, 0.2) is 30.5 Å². The largest absolute Gasteiger partial charge is 0.481 e. The number of methoxy groups -OCH3 is 1. The van der Waals surface area contributed by atoms with Crippen LogP contribution < -0.4 is 15.4 Å². The number of rotatable bonds is 3. The van der Waals surface area contributed by atoms with Crippen LogP contribution in [-0.4, -0.2) is 29.9 Å². The number of nitrogens with zero attached hydrogens (tertiary/aromatic N) is 1. The molecule has 1 atom stereocenters. The summed E-state index contributed by atoms with van der Waals surface area (Å²) in [5.41, 5.74) is 0.683. The molecule has 0 bridgehead atoms. The molecule has 0 spiro atoms. The first-order chi connectivity index (χ1) is 10.7. The average molecular weight is 299 g/mol. The molecule has 0 unspecified atom stereocenters. The Morgan fingerprint density at radius 3 is 3.00 bits per heavy atom. The summed E-state index contributed by atoms with van der Waals surface area (Å²) in [5, 5.41) is 7.29. The normalized spacial score (nSPS) is 17.9. The zero-order chi connectivity index (χ0) is 15.5. The number of aromatic nitrogens is 1. The summed E-state index contributed by atoms with van der Waals surface area (Å²) < 4.78 is 5.24. The lowest BCUT2D eigenvalue weighted by atomic mass is 10.0. The van der Waals surface area contributed by atoms with Crippen LogP contribution in [0.5, 0.6) is 5.88 Å². The van der Waals surface area contributed by atoms with E-state index in [4.69, 9.17) is 4.74 Å². The molecule has 6 heteroatoms. The Kier molecular flexibility index (Phi) is 3.91. The molecule has 1 saturated heterocycles. The van der Waals surface area contributed by atoms with Crippen LogP contribution in [0.1, 0.15) is 19.3 Å². The Morgan fingerprint density at radius 1 is 1.36 bits per heavy atom. The number of hydrogen-bond donors (Lipinski definition) is 2. The average Bonchev–Trinajstić information content (AvgIpc) is 2.54. The molecule has 1 fully saturated rings. The third-order valence-corrected chi connectivity index (χ3v) is 3.77. The molecule has 0 saturated carbocycles. The minimum atomic E-state index is -0.472. The van der Waals surface area contributed by atoms with E-state index < -0.39 is 6.04 Å². The molecule has 2 N–H and O–H groups in total. The Hall–Kier alpha value is -2.63. The summed E-state index contributed by atoms with van der Waals surface area (Å²) >= 11 is 0. The van der Waals surface area contributed by atoms with Crippen LogP contribution in [0.4, 0.5) is 5.69 Å². The third kappa shape index (κ3) is 2.72. The van der Waals surface area contributed by atoms with Crippen molar-refractivity contribution in [3.05, 3.63) is 30.5 Å². The van der Waals surface area contributed by atoms with E-state index in [1.54, 1.807) is 13.3 Å². The van der Waals surface area contributed by atoms with Crippen molar-refractivity contribution in [2.45, 2.75) is 25.3 Å². The van der Waals surface area contributed by atoms with Crippen LogP contribution in [0.25, 0.3) is 10.8 Å². The number of carbonyl (C=O) groups is 2. The first-order valence-corrected chi connectivity index (χ1v) is 7.21. The Balaban J connectivity index is 1.87. The summed E-state index contributed by atoms with van der Waals surface area (Å²) in [6.45, 7) is 0. The van der Waals surface area contributed by atoms with Crippen molar-refractivity contribution < 1.29 is 14.3 Å². The van der Waals surface area contributed by atoms with Gasteiger partial charge in [0.1, 0.15) is 6.04 Å². The molecule has 22 heavy (non-hydrogen) atoms. The minimum Gasteiger partial charge on any atom is -0.481 e. The van der Waals surface area contributed by atoms with Crippen molar-refractivity contribution in [3.8, 4) is 5.88 Å². The van der Waals surface area contributed by atoms with E-state index in [2.05, 4.69) is 15.6 Å². The van der Waals surface area contributed by atoms with Crippen LogP contribution in [0.3, 0.4) is 0 Å². The number of carbonyl (C=O) groups excluding carboxylic acids is 2. The smallest absolute Gasteiger partial charge is 0.246 e. The molecule has 0 radical (unpaired) electrons. The van der Waals surface area contributed by atoms with Crippen molar-refractivity contribution in [1.82, 2.24) is 10.3 Å². The molecule has 1 aliphatic rings. The van der Waals surface area contributed by atoms with E-state index in [9.17, 15) is 9.59 Å². The Morgan fingerprint density at radius 2 is 2.23 bits per heavy atom. The number of ether oxygens (including phenoxy) is 1. The molecule has 2 heterocycles. The molecule has 1 aliphatic heterocycles. The maximum atomic E-state index is 12.3. The highest BCUT2D eigenvalue weighted by Crippen LogP contribution is 2.29. The lowest BCUT2D eigenvalue weighted by Crippen LogP contribution is -2.46. The SMILES string of the molecule is COc1nccc2c(NC(=O)[C@@H]3CCCC(=O)N3)cccc12. The summed E-state index contributed by atoms with van der Waals surface area (Å²) in [4.78, 5) is 27.9. The fraction of sp³-hybridized carbons (Fsp3) is 0.312. The quantitative estimate of drug-likeness (QED) is 0.906. The fourth-order valence-corrected chi connectivity index (χ4v) is 2.67. The molecule has 0 aliphatic carbocycles. The molecule has 6 nitrogen and oxygen atoms in total. The number of benzene rings is 1. The van der Waals surface area contributed by atoms with Gasteiger partial charge in [-0.2, -0.15) is 0 Å². The van der Waals surface area contributed by atoms with E-state index >= 15 is 0 Å². The van der Waals surface area contributed by atoms with Crippen molar-refractivity contribution in [2.75, 3.05) is 12.4 Å². The summed E-state index contributed by atoms with van der Waals surface area (Å²) in [6.07, 6.45) is 3.52. The highest BCUT2D eigenvalue weighted by atomic mass is 16.5. The van der Waals surface area contributed by atoms with Crippen molar-refractivity contribution in [3.63, 3.8) is 0 Å². The van der Waals surface area contributed by atoms with Gasteiger partial charge in [0.2, 0.25) is 17.7 Å². The number of piperidine rings is 1. The van der Waals surface area contributed by atoms with Crippen LogP contribution in [0, 0.1) is 0 Å². The second kappa shape index (κ2) is 6.01. The zero-order valence-corrected chi connectivity index (χ0v) is 12.3. The highest BCUT2D eigenvalue weighted by molar-refractivity contribution is 6.05. The van der Waals surface area contributed by atoms with E-state index in [1.807, 2.05) is 24.3 Å². The van der Waals surface area contributed by atoms with Gasteiger partial charge in [-0.05, 0) is 31.0 Å². The minimum absolute atomic E-state index is 0.0739. The van der Waals surface area contributed by atoms with Gasteiger partial charge in [-0.1, -0.05) is 6.07 Å². The van der Waals surface area contributed by atoms with Gasteiger partial charge in [-0.3, -0.25) is 9.59 Å². The van der Waals surface area contributed by atoms with E-state index in [1.165, 1.54) is 0 Å². The standard InChI is InChI=1S/C16H17N3O3/c1-22-16-11-4-2-5-12(10(11)8-9-17-16)19-15(21)13-6-3-7-14(20)18-13/h2,4-5,8-9,13H,3,6-7H2,1H3,(H,18,20)(H,19,21)/t13-/m0/s1. The maximum Gasteiger partial charge on any atom is 0.246 e. The Labute approximate surface area is 127 Å². The topological polar surface area (TPSA) is 80.3 Å². The molecule has 1 aromatic carbocycles. The van der Waals surface area contributed by atoms with Crippen LogP contribution >= 0.6 is 0 Å². The molecule has 1 aromatic heterocycles. The van der Waals surface area contributed by atoms with Crippen LogP contribution in [0.2, 0.25) is 0 Å². The van der Waals surface area contributed by atoms with Crippen molar-refractivity contribution in [2.24, 2.45) is 0 Å². The van der Waals surface area contributed by atoms with Gasteiger partial charge in [0, 0.05) is 29.1 Å². The lowest BCUT2D eigenvalue weighted by Gasteiger charge is -2.22. The number of amides is 2. The predicted octanol–water partition coefficient (Wildman–Crippen LogP) is 1.85. The second-order valence-electron chi connectivity index (χ2n) is 5.22. The van der Waals surface area contributed by atoms with Gasteiger partial charge >= 0.3 is 0 Å². The van der Waals surface area contributed by atoms with Crippen molar-refractivity contribution in [1.29, 1.82) is 0 Å². The van der Waals surface area contributed by atoms with E-state index in [-0.39, 0.29) is 11.8 Å². The highest BCUT2D eigenvalue weighted by Gasteiger charge is 2.25. The van der Waals surface area contributed by atoms with Gasteiger partial charge in [-0.15, -0.1) is 0 Å².